The van der Waals surface area contributed by atoms with Crippen molar-refractivity contribution in [2.45, 2.75) is 51.2 Å². The fraction of sp³-hybridized carbons (Fsp3) is 0.423. The summed E-state index contributed by atoms with van der Waals surface area (Å²) in [5.41, 5.74) is 3.00. The number of methoxy groups -OCH3 is 1. The van der Waals surface area contributed by atoms with Crippen molar-refractivity contribution >= 4 is 17.6 Å². The number of carboxylic acid groups (broad SMARTS) is 1. The van der Waals surface area contributed by atoms with E-state index >= 15 is 0 Å². The highest BCUT2D eigenvalue weighted by molar-refractivity contribution is 6.30. The van der Waals surface area contributed by atoms with Gasteiger partial charge >= 0.3 is 5.97 Å². The van der Waals surface area contributed by atoms with Gasteiger partial charge in [-0.3, -0.25) is 0 Å². The molecule has 1 aliphatic heterocycles. The Hall–Kier alpha value is -2.50. The van der Waals surface area contributed by atoms with Crippen LogP contribution in [-0.2, 0) is 9.53 Å². The van der Waals surface area contributed by atoms with Crippen molar-refractivity contribution in [3.8, 4) is 11.5 Å². The van der Waals surface area contributed by atoms with E-state index in [1.165, 1.54) is 5.56 Å². The molecule has 0 aromatic heterocycles. The van der Waals surface area contributed by atoms with E-state index in [0.717, 1.165) is 30.4 Å². The van der Waals surface area contributed by atoms with Crippen LogP contribution >= 0.6 is 11.6 Å². The lowest BCUT2D eigenvalue weighted by atomic mass is 9.74. The summed E-state index contributed by atoms with van der Waals surface area (Å²) in [4.78, 5) is 11.1. The second-order valence-corrected chi connectivity index (χ2v) is 8.75. The Bertz CT molecular complexity index is 940. The standard InChI is InChI=1S/C26H31ClO5/c1-5-6-24-21(17-7-9-18(27)10-8-17)14-20(16(2)3)26(32-24)22-13-19(30-4)11-12-23(22)31-15-25(28)29/h7-13,20-21,24,26H,2,5-6,14-15H2,1,3-4H3,(H,28,29)/t20-,21-,24+,26+/m1/s1. The normalized spacial score (nSPS) is 22.9. The summed E-state index contributed by atoms with van der Waals surface area (Å²) in [7, 11) is 1.60. The van der Waals surface area contributed by atoms with Crippen molar-refractivity contribution < 1.29 is 24.1 Å². The molecule has 2 aromatic carbocycles. The van der Waals surface area contributed by atoms with E-state index in [2.05, 4.69) is 25.6 Å². The number of halogens is 1. The maximum absolute atomic E-state index is 11.1. The SMILES string of the molecule is C=C(C)[C@H]1C[C@H](c2ccc(Cl)cc2)[C@H](CCC)O[C@@H]1c1cc(OC)ccc1OCC(=O)O. The van der Waals surface area contributed by atoms with Gasteiger partial charge in [0.05, 0.1) is 19.3 Å². The van der Waals surface area contributed by atoms with E-state index in [1.54, 1.807) is 19.2 Å². The fourth-order valence-electron chi connectivity index (χ4n) is 4.44. The van der Waals surface area contributed by atoms with E-state index in [-0.39, 0.29) is 24.0 Å². The summed E-state index contributed by atoms with van der Waals surface area (Å²) in [6.07, 6.45) is 2.44. The Labute approximate surface area is 195 Å². The first-order chi connectivity index (χ1) is 15.3. The summed E-state index contributed by atoms with van der Waals surface area (Å²) in [6.45, 7) is 7.99. The summed E-state index contributed by atoms with van der Waals surface area (Å²) < 4.78 is 17.8. The van der Waals surface area contributed by atoms with Gasteiger partial charge < -0.3 is 19.3 Å². The molecule has 2 aromatic rings. The second kappa shape index (κ2) is 10.9. The van der Waals surface area contributed by atoms with Crippen LogP contribution in [0.1, 0.15) is 56.3 Å². The molecule has 1 aliphatic rings. The van der Waals surface area contributed by atoms with Crippen molar-refractivity contribution in [2.24, 2.45) is 5.92 Å². The highest BCUT2D eigenvalue weighted by Gasteiger charge is 2.40. The number of hydrogen-bond donors (Lipinski definition) is 1. The van der Waals surface area contributed by atoms with E-state index in [0.29, 0.717) is 16.5 Å². The largest absolute Gasteiger partial charge is 0.497 e. The van der Waals surface area contributed by atoms with E-state index in [4.69, 9.17) is 30.9 Å². The molecule has 5 nitrogen and oxygen atoms in total. The first-order valence-corrected chi connectivity index (χ1v) is 11.3. The first-order valence-electron chi connectivity index (χ1n) is 10.9. The summed E-state index contributed by atoms with van der Waals surface area (Å²) in [5, 5.41) is 9.82. The lowest BCUT2D eigenvalue weighted by Crippen LogP contribution is -2.36. The van der Waals surface area contributed by atoms with Gasteiger partial charge in [0.1, 0.15) is 11.5 Å². The minimum atomic E-state index is -1.03. The number of ether oxygens (including phenoxy) is 3. The van der Waals surface area contributed by atoms with Gasteiger partial charge in [-0.25, -0.2) is 4.79 Å². The van der Waals surface area contributed by atoms with Gasteiger partial charge in [0.2, 0.25) is 0 Å². The molecule has 0 unspecified atom stereocenters. The van der Waals surface area contributed by atoms with Crippen LogP contribution < -0.4 is 9.47 Å². The quantitative estimate of drug-likeness (QED) is 0.439. The highest BCUT2D eigenvalue weighted by Crippen LogP contribution is 2.49. The number of carboxylic acids is 1. The number of carbonyl (C=O) groups is 1. The van der Waals surface area contributed by atoms with Crippen molar-refractivity contribution in [3.63, 3.8) is 0 Å². The average Bonchev–Trinajstić information content (AvgIpc) is 2.78. The van der Waals surface area contributed by atoms with Crippen LogP contribution in [0, 0.1) is 5.92 Å². The van der Waals surface area contributed by atoms with Gasteiger partial charge in [-0.1, -0.05) is 49.2 Å². The molecule has 6 heteroatoms. The van der Waals surface area contributed by atoms with E-state index in [9.17, 15) is 4.79 Å². The van der Waals surface area contributed by atoms with Crippen LogP contribution in [0.25, 0.3) is 0 Å². The van der Waals surface area contributed by atoms with Gasteiger partial charge in [0.25, 0.3) is 0 Å². The van der Waals surface area contributed by atoms with Crippen LogP contribution in [0.15, 0.2) is 54.6 Å². The molecule has 0 saturated carbocycles. The molecular formula is C26H31ClO5. The summed E-state index contributed by atoms with van der Waals surface area (Å²) in [5.74, 6) is 0.366. The van der Waals surface area contributed by atoms with Crippen LogP contribution in [0.3, 0.4) is 0 Å². The Morgan fingerprint density at radius 1 is 1.25 bits per heavy atom. The number of benzene rings is 2. The maximum Gasteiger partial charge on any atom is 0.341 e. The molecule has 1 fully saturated rings. The Morgan fingerprint density at radius 2 is 1.97 bits per heavy atom. The smallest absolute Gasteiger partial charge is 0.341 e. The van der Waals surface area contributed by atoms with Crippen LogP contribution in [0.4, 0.5) is 0 Å². The van der Waals surface area contributed by atoms with Crippen molar-refractivity contribution in [2.75, 3.05) is 13.7 Å². The molecule has 4 atom stereocenters. The second-order valence-electron chi connectivity index (χ2n) is 8.32. The van der Waals surface area contributed by atoms with Crippen LogP contribution in [-0.4, -0.2) is 30.9 Å². The van der Waals surface area contributed by atoms with Crippen molar-refractivity contribution in [1.82, 2.24) is 0 Å². The van der Waals surface area contributed by atoms with Crippen molar-refractivity contribution in [3.05, 3.63) is 70.8 Å². The average molecular weight is 459 g/mol. The van der Waals surface area contributed by atoms with Crippen LogP contribution in [0.5, 0.6) is 11.5 Å². The topological polar surface area (TPSA) is 65.0 Å². The van der Waals surface area contributed by atoms with Gasteiger partial charge in [0.15, 0.2) is 6.61 Å². The Balaban J connectivity index is 2.01. The van der Waals surface area contributed by atoms with E-state index < -0.39 is 12.6 Å². The molecule has 1 heterocycles. The molecular weight excluding hydrogens is 428 g/mol. The van der Waals surface area contributed by atoms with Crippen molar-refractivity contribution in [1.29, 1.82) is 0 Å². The third-order valence-corrected chi connectivity index (χ3v) is 6.27. The third kappa shape index (κ3) is 5.64. The lowest BCUT2D eigenvalue weighted by molar-refractivity contribution is -0.139. The monoisotopic (exact) mass is 458 g/mol. The predicted octanol–water partition coefficient (Wildman–Crippen LogP) is 6.42. The van der Waals surface area contributed by atoms with E-state index in [1.807, 2.05) is 25.1 Å². The molecule has 0 aliphatic carbocycles. The minimum Gasteiger partial charge on any atom is -0.497 e. The Kier molecular flexibility index (Phi) is 8.21. The molecule has 0 amide bonds. The molecule has 32 heavy (non-hydrogen) atoms. The minimum absolute atomic E-state index is 0.000278. The van der Waals surface area contributed by atoms with Crippen LogP contribution in [0.2, 0.25) is 5.02 Å². The molecule has 0 radical (unpaired) electrons. The zero-order valence-corrected chi connectivity index (χ0v) is 19.6. The predicted molar refractivity (Wildman–Crippen MR) is 126 cm³/mol. The lowest BCUT2D eigenvalue weighted by Gasteiger charge is -2.43. The molecule has 172 valence electrons. The van der Waals surface area contributed by atoms with Gasteiger partial charge in [-0.05, 0) is 55.7 Å². The number of aliphatic carboxylic acids is 1. The molecule has 0 spiro atoms. The zero-order valence-electron chi connectivity index (χ0n) is 18.8. The first kappa shape index (κ1) is 24.1. The zero-order chi connectivity index (χ0) is 23.3. The highest BCUT2D eigenvalue weighted by atomic mass is 35.5. The molecule has 1 N–H and O–H groups in total. The Morgan fingerprint density at radius 3 is 2.56 bits per heavy atom. The molecule has 0 bridgehead atoms. The van der Waals surface area contributed by atoms with Gasteiger partial charge in [-0.2, -0.15) is 0 Å². The maximum atomic E-state index is 11.1. The summed E-state index contributed by atoms with van der Waals surface area (Å²) >= 11 is 6.12. The number of hydrogen-bond acceptors (Lipinski definition) is 4. The van der Waals surface area contributed by atoms with Gasteiger partial charge in [0, 0.05) is 22.4 Å². The van der Waals surface area contributed by atoms with Gasteiger partial charge in [-0.15, -0.1) is 0 Å². The fourth-order valence-corrected chi connectivity index (χ4v) is 4.56. The molecule has 3 rings (SSSR count). The summed E-state index contributed by atoms with van der Waals surface area (Å²) in [6, 6.07) is 13.4. The molecule has 1 saturated heterocycles. The number of rotatable bonds is 9. The third-order valence-electron chi connectivity index (χ3n) is 6.02.